The van der Waals surface area contributed by atoms with Crippen molar-refractivity contribution < 1.29 is 14.7 Å². The second kappa shape index (κ2) is 8.11. The molecule has 5 heteroatoms. The van der Waals surface area contributed by atoms with E-state index in [1.165, 1.54) is 10.5 Å². The minimum atomic E-state index is -0.670. The zero-order chi connectivity index (χ0) is 17.8. The Morgan fingerprint density at radius 2 is 1.80 bits per heavy atom. The maximum atomic E-state index is 11.7. The highest BCUT2D eigenvalue weighted by Gasteiger charge is 2.33. The Bertz CT molecular complexity index is 588. The minimum Gasteiger partial charge on any atom is -0.390 e. The summed E-state index contributed by atoms with van der Waals surface area (Å²) in [6, 6.07) is 10.7. The van der Waals surface area contributed by atoms with Crippen molar-refractivity contribution in [2.24, 2.45) is 5.92 Å². The molecule has 1 aromatic carbocycles. The molecule has 25 heavy (non-hydrogen) atoms. The van der Waals surface area contributed by atoms with Crippen LogP contribution in [-0.2, 0) is 9.59 Å². The fourth-order valence-corrected chi connectivity index (χ4v) is 4.22. The van der Waals surface area contributed by atoms with Crippen molar-refractivity contribution in [2.45, 2.75) is 44.6 Å². The normalized spacial score (nSPS) is 26.2. The lowest BCUT2D eigenvalue weighted by Crippen LogP contribution is -2.46. The van der Waals surface area contributed by atoms with Gasteiger partial charge >= 0.3 is 0 Å². The van der Waals surface area contributed by atoms with E-state index in [1.54, 1.807) is 0 Å². The molecule has 0 spiro atoms. The zero-order valence-corrected chi connectivity index (χ0v) is 14.9. The van der Waals surface area contributed by atoms with Gasteiger partial charge in [0.2, 0.25) is 11.8 Å². The number of aliphatic hydroxyl groups excluding tert-OH is 1. The number of carbonyl (C=O) groups excluding carboxylic acids is 2. The number of aliphatic hydroxyl groups is 1. The van der Waals surface area contributed by atoms with Crippen LogP contribution in [0.2, 0.25) is 0 Å². The van der Waals surface area contributed by atoms with Crippen molar-refractivity contribution in [3.05, 3.63) is 35.9 Å². The van der Waals surface area contributed by atoms with E-state index in [9.17, 15) is 14.7 Å². The maximum Gasteiger partial charge on any atom is 0.229 e. The number of piperidine rings is 1. The lowest BCUT2D eigenvalue weighted by molar-refractivity contribution is -0.140. The lowest BCUT2D eigenvalue weighted by atomic mass is 9.79. The Kier molecular flexibility index (Phi) is 5.86. The van der Waals surface area contributed by atoms with Gasteiger partial charge in [0.25, 0.3) is 0 Å². The van der Waals surface area contributed by atoms with Crippen LogP contribution in [0.15, 0.2) is 30.3 Å². The van der Waals surface area contributed by atoms with E-state index < -0.39 is 6.10 Å². The first-order valence-electron chi connectivity index (χ1n) is 9.37. The van der Waals surface area contributed by atoms with Crippen LogP contribution in [0.25, 0.3) is 0 Å². The third kappa shape index (κ3) is 4.28. The van der Waals surface area contributed by atoms with Crippen molar-refractivity contribution in [1.82, 2.24) is 9.80 Å². The van der Waals surface area contributed by atoms with Gasteiger partial charge in [0.05, 0.1) is 12.6 Å². The molecule has 3 atom stereocenters. The van der Waals surface area contributed by atoms with Gasteiger partial charge in [-0.3, -0.25) is 14.5 Å². The summed E-state index contributed by atoms with van der Waals surface area (Å²) in [4.78, 5) is 26.9. The van der Waals surface area contributed by atoms with Gasteiger partial charge in [-0.1, -0.05) is 43.7 Å². The lowest BCUT2D eigenvalue weighted by Gasteiger charge is -2.39. The number of likely N-dealkylation sites (tertiary alicyclic amines) is 2. The smallest absolute Gasteiger partial charge is 0.229 e. The predicted molar refractivity (Wildman–Crippen MR) is 96.0 cm³/mol. The molecule has 5 nitrogen and oxygen atoms in total. The summed E-state index contributed by atoms with van der Waals surface area (Å²) < 4.78 is 0. The summed E-state index contributed by atoms with van der Waals surface area (Å²) in [6.45, 7) is 4.77. The van der Waals surface area contributed by atoms with Crippen LogP contribution in [0, 0.1) is 5.92 Å². The molecular weight excluding hydrogens is 316 g/mol. The molecule has 0 saturated carbocycles. The average molecular weight is 344 g/mol. The molecule has 136 valence electrons. The molecular formula is C20H28N2O3. The topological polar surface area (TPSA) is 60.9 Å². The van der Waals surface area contributed by atoms with Crippen molar-refractivity contribution in [1.29, 1.82) is 0 Å². The molecule has 3 rings (SSSR count). The van der Waals surface area contributed by atoms with Crippen LogP contribution in [0.1, 0.15) is 44.1 Å². The predicted octanol–water partition coefficient (Wildman–Crippen LogP) is 2.01. The van der Waals surface area contributed by atoms with Crippen LogP contribution in [-0.4, -0.2) is 59.0 Å². The van der Waals surface area contributed by atoms with E-state index in [0.29, 0.717) is 18.4 Å². The number of imide groups is 1. The van der Waals surface area contributed by atoms with Gasteiger partial charge in [-0.05, 0) is 30.4 Å². The SMILES string of the molecule is CCC1CN(CC(O)CN2C(=O)CCC2=O)CCC1c1ccccc1. The third-order valence-electron chi connectivity index (χ3n) is 5.59. The number of carbonyl (C=O) groups is 2. The Labute approximate surface area is 149 Å². The fourth-order valence-electron chi connectivity index (χ4n) is 4.22. The largest absolute Gasteiger partial charge is 0.390 e. The number of nitrogens with zero attached hydrogens (tertiary/aromatic N) is 2. The molecule has 0 bridgehead atoms. The number of benzene rings is 1. The highest BCUT2D eigenvalue weighted by molar-refractivity contribution is 6.01. The Morgan fingerprint density at radius 3 is 2.44 bits per heavy atom. The summed E-state index contributed by atoms with van der Waals surface area (Å²) >= 11 is 0. The Hall–Kier alpha value is -1.72. The molecule has 2 amide bonds. The number of hydrogen-bond acceptors (Lipinski definition) is 4. The summed E-state index contributed by atoms with van der Waals surface area (Å²) in [7, 11) is 0. The van der Waals surface area contributed by atoms with Crippen LogP contribution in [0.3, 0.4) is 0 Å². The molecule has 0 aromatic heterocycles. The quantitative estimate of drug-likeness (QED) is 0.802. The second-order valence-corrected chi connectivity index (χ2v) is 7.29. The number of hydrogen-bond donors (Lipinski definition) is 1. The highest BCUT2D eigenvalue weighted by atomic mass is 16.3. The van der Waals surface area contributed by atoms with Gasteiger partial charge in [-0.2, -0.15) is 0 Å². The monoisotopic (exact) mass is 344 g/mol. The van der Waals surface area contributed by atoms with Crippen molar-refractivity contribution in [3.8, 4) is 0 Å². The number of rotatable bonds is 6. The van der Waals surface area contributed by atoms with Gasteiger partial charge in [-0.25, -0.2) is 0 Å². The molecule has 2 saturated heterocycles. The van der Waals surface area contributed by atoms with Gasteiger partial charge in [0.1, 0.15) is 0 Å². The molecule has 2 fully saturated rings. The Morgan fingerprint density at radius 1 is 1.12 bits per heavy atom. The maximum absolute atomic E-state index is 11.7. The molecule has 2 aliphatic rings. The zero-order valence-electron chi connectivity index (χ0n) is 14.9. The van der Waals surface area contributed by atoms with Crippen molar-refractivity contribution in [2.75, 3.05) is 26.2 Å². The standard InChI is InChI=1S/C20H28N2O3/c1-2-15-12-21(11-10-18(15)16-6-4-3-5-7-16)13-17(23)14-22-19(24)8-9-20(22)25/h3-7,15,17-18,23H,2,8-14H2,1H3. The first-order chi connectivity index (χ1) is 12.1. The van der Waals surface area contributed by atoms with E-state index in [1.807, 2.05) is 0 Å². The molecule has 1 N–H and O–H groups in total. The van der Waals surface area contributed by atoms with Gasteiger partial charge in [0.15, 0.2) is 0 Å². The van der Waals surface area contributed by atoms with Gasteiger partial charge < -0.3 is 10.0 Å². The van der Waals surface area contributed by atoms with E-state index in [0.717, 1.165) is 25.9 Å². The molecule has 0 radical (unpaired) electrons. The summed E-state index contributed by atoms with van der Waals surface area (Å²) in [5.41, 5.74) is 1.41. The van der Waals surface area contributed by atoms with Crippen LogP contribution >= 0.6 is 0 Å². The van der Waals surface area contributed by atoms with Gasteiger partial charge in [-0.15, -0.1) is 0 Å². The van der Waals surface area contributed by atoms with E-state index >= 15 is 0 Å². The number of amides is 2. The van der Waals surface area contributed by atoms with Gasteiger partial charge in [0, 0.05) is 25.9 Å². The molecule has 0 aliphatic carbocycles. The van der Waals surface area contributed by atoms with Crippen molar-refractivity contribution >= 4 is 11.8 Å². The Balaban J connectivity index is 1.54. The van der Waals surface area contributed by atoms with Crippen LogP contribution in [0.5, 0.6) is 0 Å². The summed E-state index contributed by atoms with van der Waals surface area (Å²) in [6.07, 6.45) is 2.08. The van der Waals surface area contributed by atoms with E-state index in [2.05, 4.69) is 42.2 Å². The first-order valence-corrected chi connectivity index (χ1v) is 9.37. The van der Waals surface area contributed by atoms with E-state index in [4.69, 9.17) is 0 Å². The first kappa shape index (κ1) is 18.1. The third-order valence-corrected chi connectivity index (χ3v) is 5.59. The van der Waals surface area contributed by atoms with Crippen LogP contribution < -0.4 is 0 Å². The van der Waals surface area contributed by atoms with Crippen molar-refractivity contribution in [3.63, 3.8) is 0 Å². The highest BCUT2D eigenvalue weighted by Crippen LogP contribution is 2.34. The molecule has 2 aliphatic heterocycles. The second-order valence-electron chi connectivity index (χ2n) is 7.29. The van der Waals surface area contributed by atoms with Crippen LogP contribution in [0.4, 0.5) is 0 Å². The number of β-amino-alcohol motifs (C(OH)–C–C–N with tert-alkyl or cyclic N) is 1. The fraction of sp³-hybridized carbons (Fsp3) is 0.600. The molecule has 2 heterocycles. The average Bonchev–Trinajstić information content (AvgIpc) is 2.94. The van der Waals surface area contributed by atoms with E-state index in [-0.39, 0.29) is 31.2 Å². The minimum absolute atomic E-state index is 0.132. The summed E-state index contributed by atoms with van der Waals surface area (Å²) in [5, 5.41) is 10.4. The summed E-state index contributed by atoms with van der Waals surface area (Å²) in [5.74, 6) is 0.830. The molecule has 1 aromatic rings. The molecule has 3 unspecified atom stereocenters.